The summed E-state index contributed by atoms with van der Waals surface area (Å²) in [6.45, 7) is 3.29. The number of nitrogens with one attached hydrogen (secondary N) is 1. The van der Waals surface area contributed by atoms with Crippen LogP contribution in [-0.4, -0.2) is 36.2 Å². The van der Waals surface area contributed by atoms with E-state index in [0.717, 1.165) is 25.7 Å². The minimum Gasteiger partial charge on any atom is -0.478 e. The molecule has 0 saturated carbocycles. The van der Waals surface area contributed by atoms with Crippen molar-refractivity contribution in [2.45, 2.75) is 25.9 Å². The van der Waals surface area contributed by atoms with E-state index in [2.05, 4.69) is 12.2 Å². The molecule has 6 nitrogen and oxygen atoms in total. The van der Waals surface area contributed by atoms with E-state index in [1.165, 1.54) is 6.07 Å². The number of rotatable bonds is 5. The van der Waals surface area contributed by atoms with Crippen molar-refractivity contribution in [3.05, 3.63) is 23.7 Å². The van der Waals surface area contributed by atoms with Gasteiger partial charge in [-0.25, -0.2) is 4.79 Å². The van der Waals surface area contributed by atoms with Crippen LogP contribution < -0.4 is 5.32 Å². The van der Waals surface area contributed by atoms with Gasteiger partial charge in [0.15, 0.2) is 5.76 Å². The summed E-state index contributed by atoms with van der Waals surface area (Å²) in [6, 6.07) is 1.22. The molecule has 0 aromatic carbocycles. The number of carboxylic acids is 1. The van der Waals surface area contributed by atoms with Crippen LogP contribution in [0.15, 0.2) is 16.7 Å². The van der Waals surface area contributed by atoms with E-state index in [1.54, 1.807) is 0 Å². The Kier molecular flexibility index (Phi) is 4.21. The molecule has 2 N–H and O–H groups in total. The van der Waals surface area contributed by atoms with Gasteiger partial charge in [0, 0.05) is 25.1 Å². The summed E-state index contributed by atoms with van der Waals surface area (Å²) in [5.74, 6) is -1.18. The fraction of sp³-hybridized carbons (Fsp3) is 0.538. The van der Waals surface area contributed by atoms with Crippen molar-refractivity contribution in [3.63, 3.8) is 0 Å². The van der Waals surface area contributed by atoms with Gasteiger partial charge in [-0.3, -0.25) is 4.79 Å². The Morgan fingerprint density at radius 2 is 2.32 bits per heavy atom. The molecule has 1 aromatic heterocycles. The fourth-order valence-electron chi connectivity index (χ4n) is 2.26. The molecule has 1 fully saturated rings. The summed E-state index contributed by atoms with van der Waals surface area (Å²) in [5.41, 5.74) is -0.0271. The number of furan rings is 1. The van der Waals surface area contributed by atoms with E-state index in [4.69, 9.17) is 14.3 Å². The zero-order valence-electron chi connectivity index (χ0n) is 10.7. The molecule has 1 aliphatic heterocycles. The van der Waals surface area contributed by atoms with Crippen molar-refractivity contribution < 1.29 is 23.8 Å². The Morgan fingerprint density at radius 3 is 2.95 bits per heavy atom. The van der Waals surface area contributed by atoms with Gasteiger partial charge in [0.05, 0.1) is 11.7 Å². The Balaban J connectivity index is 1.88. The van der Waals surface area contributed by atoms with Crippen LogP contribution in [0.3, 0.4) is 0 Å². The molecule has 2 unspecified atom stereocenters. The van der Waals surface area contributed by atoms with Crippen molar-refractivity contribution in [2.24, 2.45) is 5.92 Å². The molecule has 0 bridgehead atoms. The summed E-state index contributed by atoms with van der Waals surface area (Å²) in [5, 5.41) is 11.5. The minimum absolute atomic E-state index is 0.0179. The summed E-state index contributed by atoms with van der Waals surface area (Å²) < 4.78 is 10.5. The van der Waals surface area contributed by atoms with Crippen molar-refractivity contribution in [1.29, 1.82) is 0 Å². The lowest BCUT2D eigenvalue weighted by Gasteiger charge is -2.16. The molecule has 6 heteroatoms. The largest absolute Gasteiger partial charge is 0.478 e. The van der Waals surface area contributed by atoms with Crippen molar-refractivity contribution >= 4 is 11.9 Å². The second kappa shape index (κ2) is 5.88. The van der Waals surface area contributed by atoms with Gasteiger partial charge >= 0.3 is 5.97 Å². The highest BCUT2D eigenvalue weighted by Crippen LogP contribution is 2.22. The van der Waals surface area contributed by atoms with Crippen LogP contribution in [0.1, 0.15) is 40.7 Å². The first-order valence-corrected chi connectivity index (χ1v) is 6.33. The molecule has 1 aliphatic rings. The maximum absolute atomic E-state index is 11.8. The third kappa shape index (κ3) is 3.14. The first-order valence-electron chi connectivity index (χ1n) is 6.33. The summed E-state index contributed by atoms with van der Waals surface area (Å²) in [6.07, 6.45) is 3.10. The molecule has 1 saturated heterocycles. The highest BCUT2D eigenvalue weighted by atomic mass is 16.5. The monoisotopic (exact) mass is 267 g/mol. The van der Waals surface area contributed by atoms with Crippen LogP contribution in [-0.2, 0) is 4.74 Å². The number of carboxylic acid groups (broad SMARTS) is 1. The highest BCUT2D eigenvalue weighted by molar-refractivity contribution is 5.95. The second-order valence-corrected chi connectivity index (χ2v) is 4.58. The molecule has 2 heterocycles. The Bertz CT molecular complexity index is 467. The molecule has 0 radical (unpaired) electrons. The van der Waals surface area contributed by atoms with Crippen LogP contribution in [0.5, 0.6) is 0 Å². The first kappa shape index (κ1) is 13.6. The van der Waals surface area contributed by atoms with Gasteiger partial charge in [0.25, 0.3) is 5.91 Å². The van der Waals surface area contributed by atoms with Gasteiger partial charge in [-0.2, -0.15) is 0 Å². The van der Waals surface area contributed by atoms with E-state index in [1.807, 2.05) is 0 Å². The SMILES string of the molecule is CCC1OCCC1CNC(=O)c1cc(C(=O)O)co1. The standard InChI is InChI=1S/C13H17NO5/c1-2-10-8(3-4-18-10)6-14-12(15)11-5-9(7-19-11)13(16)17/h5,7-8,10H,2-4,6H2,1H3,(H,14,15)(H,16,17). The van der Waals surface area contributed by atoms with E-state index < -0.39 is 11.9 Å². The lowest BCUT2D eigenvalue weighted by molar-refractivity contribution is 0.0695. The molecular weight excluding hydrogens is 250 g/mol. The van der Waals surface area contributed by atoms with E-state index >= 15 is 0 Å². The zero-order chi connectivity index (χ0) is 13.8. The molecule has 2 atom stereocenters. The number of amides is 1. The van der Waals surface area contributed by atoms with E-state index in [9.17, 15) is 9.59 Å². The van der Waals surface area contributed by atoms with E-state index in [0.29, 0.717) is 12.5 Å². The van der Waals surface area contributed by atoms with Gasteiger partial charge in [-0.1, -0.05) is 6.92 Å². The topological polar surface area (TPSA) is 88.8 Å². The van der Waals surface area contributed by atoms with Crippen LogP contribution >= 0.6 is 0 Å². The number of hydrogen-bond donors (Lipinski definition) is 2. The maximum Gasteiger partial charge on any atom is 0.338 e. The van der Waals surface area contributed by atoms with Gasteiger partial charge < -0.3 is 19.6 Å². The number of aromatic carboxylic acids is 1. The number of hydrogen-bond acceptors (Lipinski definition) is 4. The predicted molar refractivity (Wildman–Crippen MR) is 66.1 cm³/mol. The fourth-order valence-corrected chi connectivity index (χ4v) is 2.26. The van der Waals surface area contributed by atoms with Crippen LogP contribution in [0.25, 0.3) is 0 Å². The normalized spacial score (nSPS) is 22.4. The third-order valence-corrected chi connectivity index (χ3v) is 3.34. The predicted octanol–water partition coefficient (Wildman–Crippen LogP) is 1.52. The van der Waals surface area contributed by atoms with Crippen LogP contribution in [0.2, 0.25) is 0 Å². The Labute approximate surface area is 110 Å². The van der Waals surface area contributed by atoms with Crippen LogP contribution in [0.4, 0.5) is 0 Å². The number of carbonyl (C=O) groups excluding carboxylic acids is 1. The Hall–Kier alpha value is -1.82. The molecule has 0 spiro atoms. The molecule has 2 rings (SSSR count). The molecule has 1 amide bonds. The average molecular weight is 267 g/mol. The molecule has 104 valence electrons. The van der Waals surface area contributed by atoms with Gasteiger partial charge in [0.1, 0.15) is 6.26 Å². The number of carbonyl (C=O) groups is 2. The summed E-state index contributed by atoms with van der Waals surface area (Å²) in [7, 11) is 0. The van der Waals surface area contributed by atoms with Crippen molar-refractivity contribution in [3.8, 4) is 0 Å². The lowest BCUT2D eigenvalue weighted by atomic mass is 10.00. The zero-order valence-corrected chi connectivity index (χ0v) is 10.7. The van der Waals surface area contributed by atoms with Crippen molar-refractivity contribution in [1.82, 2.24) is 5.32 Å². The van der Waals surface area contributed by atoms with Crippen molar-refractivity contribution in [2.75, 3.05) is 13.2 Å². The van der Waals surface area contributed by atoms with Gasteiger partial charge in [0.2, 0.25) is 0 Å². The smallest absolute Gasteiger partial charge is 0.338 e. The minimum atomic E-state index is -1.11. The van der Waals surface area contributed by atoms with E-state index in [-0.39, 0.29) is 17.4 Å². The molecular formula is C13H17NO5. The third-order valence-electron chi connectivity index (χ3n) is 3.34. The lowest BCUT2D eigenvalue weighted by Crippen LogP contribution is -2.32. The van der Waals surface area contributed by atoms with Gasteiger partial charge in [-0.15, -0.1) is 0 Å². The second-order valence-electron chi connectivity index (χ2n) is 4.58. The first-order chi connectivity index (χ1) is 9.11. The molecule has 19 heavy (non-hydrogen) atoms. The molecule has 0 aliphatic carbocycles. The molecule has 1 aromatic rings. The highest BCUT2D eigenvalue weighted by Gasteiger charge is 2.27. The average Bonchev–Trinajstić information content (AvgIpc) is 3.04. The summed E-state index contributed by atoms with van der Waals surface area (Å²) in [4.78, 5) is 22.5. The van der Waals surface area contributed by atoms with Gasteiger partial charge in [-0.05, 0) is 12.8 Å². The summed E-state index contributed by atoms with van der Waals surface area (Å²) >= 11 is 0. The maximum atomic E-state index is 11.8. The Morgan fingerprint density at radius 1 is 1.53 bits per heavy atom. The van der Waals surface area contributed by atoms with Crippen LogP contribution in [0, 0.1) is 5.92 Å². The quantitative estimate of drug-likeness (QED) is 0.844. The number of ether oxygens (including phenoxy) is 1.